The third-order valence-corrected chi connectivity index (χ3v) is 5.28. The van der Waals surface area contributed by atoms with Crippen molar-refractivity contribution in [1.82, 2.24) is 15.0 Å². The molecule has 0 aliphatic rings. The Hall–Kier alpha value is -3.09. The van der Waals surface area contributed by atoms with Gasteiger partial charge in [-0.25, -0.2) is 0 Å². The van der Waals surface area contributed by atoms with E-state index < -0.39 is 5.60 Å². The van der Waals surface area contributed by atoms with E-state index in [1.165, 1.54) is 0 Å². The third-order valence-electron chi connectivity index (χ3n) is 4.72. The number of fused-ring (bicyclic) bond motifs is 1. The Bertz CT molecular complexity index is 1250. The number of aryl methyl sites for hydroxylation is 1. The molecule has 0 aliphatic carbocycles. The van der Waals surface area contributed by atoms with Gasteiger partial charge in [0.15, 0.2) is 5.60 Å². The molecule has 0 radical (unpaired) electrons. The highest BCUT2D eigenvalue weighted by molar-refractivity contribution is 6.34. The van der Waals surface area contributed by atoms with Crippen LogP contribution < -0.4 is 10.1 Å². The van der Waals surface area contributed by atoms with Crippen LogP contribution in [0.1, 0.15) is 19.4 Å². The van der Waals surface area contributed by atoms with Crippen molar-refractivity contribution in [3.63, 3.8) is 0 Å². The van der Waals surface area contributed by atoms with E-state index in [0.717, 1.165) is 11.3 Å². The molecule has 0 atom stereocenters. The molecule has 0 saturated carbocycles. The van der Waals surface area contributed by atoms with Crippen LogP contribution in [0.4, 0.5) is 5.69 Å². The van der Waals surface area contributed by atoms with Crippen LogP contribution >= 0.6 is 23.2 Å². The first kappa shape index (κ1) is 21.2. The molecule has 4 aromatic rings. The zero-order valence-corrected chi connectivity index (χ0v) is 18.7. The number of hydrogen-bond donors (Lipinski definition) is 1. The van der Waals surface area contributed by atoms with E-state index in [0.29, 0.717) is 32.5 Å². The summed E-state index contributed by atoms with van der Waals surface area (Å²) in [5.41, 5.74) is 2.50. The van der Waals surface area contributed by atoms with Crippen LogP contribution in [0.2, 0.25) is 10.0 Å². The molecular formula is C23H20Cl2N4O2. The summed E-state index contributed by atoms with van der Waals surface area (Å²) >= 11 is 12.3. The first-order chi connectivity index (χ1) is 14.7. The number of amides is 1. The maximum absolute atomic E-state index is 12.9. The summed E-state index contributed by atoms with van der Waals surface area (Å²) in [7, 11) is 0. The van der Waals surface area contributed by atoms with Crippen molar-refractivity contribution in [2.75, 3.05) is 5.32 Å². The normalized spacial score (nSPS) is 11.5. The summed E-state index contributed by atoms with van der Waals surface area (Å²) < 4.78 is 5.84. The molecule has 0 unspecified atom stereocenters. The Morgan fingerprint density at radius 3 is 2.23 bits per heavy atom. The summed E-state index contributed by atoms with van der Waals surface area (Å²) in [5.74, 6) is 0.182. The molecular weight excluding hydrogens is 435 g/mol. The van der Waals surface area contributed by atoms with Gasteiger partial charge >= 0.3 is 0 Å². The van der Waals surface area contributed by atoms with E-state index in [1.807, 2.05) is 31.2 Å². The monoisotopic (exact) mass is 454 g/mol. The standard InChI is InChI=1S/C23H20Cl2N4O2/c1-14-4-8-16(9-5-14)29-27-20-12-18(25)19(13-21(20)28-29)26-22(30)23(2,3)31-17-10-6-15(24)7-11-17/h4-13H,1-3H3,(H,26,30). The highest BCUT2D eigenvalue weighted by atomic mass is 35.5. The maximum atomic E-state index is 12.9. The van der Waals surface area contributed by atoms with Gasteiger partial charge in [0, 0.05) is 5.02 Å². The smallest absolute Gasteiger partial charge is 0.268 e. The van der Waals surface area contributed by atoms with Crippen LogP contribution in [0, 0.1) is 6.92 Å². The van der Waals surface area contributed by atoms with E-state index in [2.05, 4.69) is 15.5 Å². The Balaban J connectivity index is 1.57. The Morgan fingerprint density at radius 1 is 0.968 bits per heavy atom. The lowest BCUT2D eigenvalue weighted by molar-refractivity contribution is -0.128. The molecule has 0 saturated heterocycles. The SMILES string of the molecule is Cc1ccc(-n2nc3cc(Cl)c(NC(=O)C(C)(C)Oc4ccc(Cl)cc4)cc3n2)cc1. The number of rotatable bonds is 5. The predicted molar refractivity (Wildman–Crippen MR) is 123 cm³/mol. The molecule has 1 heterocycles. The van der Waals surface area contributed by atoms with Gasteiger partial charge in [-0.15, -0.1) is 10.2 Å². The van der Waals surface area contributed by atoms with Gasteiger partial charge < -0.3 is 10.1 Å². The summed E-state index contributed by atoms with van der Waals surface area (Å²) in [5, 5.41) is 12.8. The summed E-state index contributed by atoms with van der Waals surface area (Å²) in [4.78, 5) is 14.4. The average molecular weight is 455 g/mol. The molecule has 0 spiro atoms. The lowest BCUT2D eigenvalue weighted by atomic mass is 10.1. The number of carbonyl (C=O) groups is 1. The molecule has 0 fully saturated rings. The molecule has 1 N–H and O–H groups in total. The molecule has 3 aromatic carbocycles. The topological polar surface area (TPSA) is 69.0 Å². The fourth-order valence-corrected chi connectivity index (χ4v) is 3.27. The number of nitrogens with zero attached hydrogens (tertiary/aromatic N) is 3. The number of ether oxygens (including phenoxy) is 1. The number of carbonyl (C=O) groups excluding carboxylic acids is 1. The van der Waals surface area contributed by atoms with E-state index in [9.17, 15) is 4.79 Å². The Kier molecular flexibility index (Phi) is 5.60. The average Bonchev–Trinajstić information content (AvgIpc) is 3.13. The van der Waals surface area contributed by atoms with E-state index in [4.69, 9.17) is 27.9 Å². The van der Waals surface area contributed by atoms with Gasteiger partial charge in [-0.3, -0.25) is 4.79 Å². The lowest BCUT2D eigenvalue weighted by Gasteiger charge is -2.25. The molecule has 1 amide bonds. The number of anilines is 1. The van der Waals surface area contributed by atoms with Crippen LogP contribution in [0.25, 0.3) is 16.7 Å². The van der Waals surface area contributed by atoms with Gasteiger partial charge in [0.25, 0.3) is 5.91 Å². The minimum atomic E-state index is -1.15. The number of hydrogen-bond acceptors (Lipinski definition) is 4. The van der Waals surface area contributed by atoms with Crippen molar-refractivity contribution in [2.45, 2.75) is 26.4 Å². The first-order valence-corrected chi connectivity index (χ1v) is 10.4. The second-order valence-electron chi connectivity index (χ2n) is 7.67. The van der Waals surface area contributed by atoms with Crippen LogP contribution in [-0.2, 0) is 4.79 Å². The molecule has 1 aromatic heterocycles. The second kappa shape index (κ2) is 8.21. The number of aromatic nitrogens is 3. The van der Waals surface area contributed by atoms with Gasteiger partial charge in [0.1, 0.15) is 16.8 Å². The summed E-state index contributed by atoms with van der Waals surface area (Å²) in [6.45, 7) is 5.37. The quantitative estimate of drug-likeness (QED) is 0.411. The fraction of sp³-hybridized carbons (Fsp3) is 0.174. The zero-order valence-electron chi connectivity index (χ0n) is 17.2. The highest BCUT2D eigenvalue weighted by Gasteiger charge is 2.30. The van der Waals surface area contributed by atoms with Crippen LogP contribution in [0.5, 0.6) is 5.75 Å². The second-order valence-corrected chi connectivity index (χ2v) is 8.51. The fourth-order valence-electron chi connectivity index (χ4n) is 2.94. The minimum Gasteiger partial charge on any atom is -0.478 e. The van der Waals surface area contributed by atoms with Gasteiger partial charge in [0.05, 0.1) is 16.4 Å². The van der Waals surface area contributed by atoms with Crippen molar-refractivity contribution < 1.29 is 9.53 Å². The van der Waals surface area contributed by atoms with Crippen LogP contribution in [0.15, 0.2) is 60.7 Å². The molecule has 158 valence electrons. The molecule has 0 bridgehead atoms. The van der Waals surface area contributed by atoms with Crippen molar-refractivity contribution >= 4 is 45.8 Å². The predicted octanol–water partition coefficient (Wildman–Crippen LogP) is 5.83. The van der Waals surface area contributed by atoms with Crippen LogP contribution in [-0.4, -0.2) is 26.5 Å². The van der Waals surface area contributed by atoms with Crippen molar-refractivity contribution in [2.24, 2.45) is 0 Å². The molecule has 0 aliphatic heterocycles. The molecule has 4 rings (SSSR count). The Morgan fingerprint density at radius 2 is 1.58 bits per heavy atom. The van der Waals surface area contributed by atoms with Crippen molar-refractivity contribution in [1.29, 1.82) is 0 Å². The Labute approximate surface area is 189 Å². The number of halogens is 2. The first-order valence-electron chi connectivity index (χ1n) is 9.61. The third kappa shape index (κ3) is 4.65. The van der Waals surface area contributed by atoms with E-state index in [-0.39, 0.29) is 5.91 Å². The summed E-state index contributed by atoms with van der Waals surface area (Å²) in [6.07, 6.45) is 0. The van der Waals surface area contributed by atoms with Gasteiger partial charge in [0.2, 0.25) is 0 Å². The van der Waals surface area contributed by atoms with Gasteiger partial charge in [-0.1, -0.05) is 40.9 Å². The lowest BCUT2D eigenvalue weighted by Crippen LogP contribution is -2.42. The maximum Gasteiger partial charge on any atom is 0.268 e. The molecule has 31 heavy (non-hydrogen) atoms. The van der Waals surface area contributed by atoms with Gasteiger partial charge in [-0.05, 0) is 69.3 Å². The number of benzene rings is 3. The van der Waals surface area contributed by atoms with E-state index in [1.54, 1.807) is 55.0 Å². The van der Waals surface area contributed by atoms with Crippen molar-refractivity contribution in [3.8, 4) is 11.4 Å². The molecule has 6 nitrogen and oxygen atoms in total. The van der Waals surface area contributed by atoms with Gasteiger partial charge in [-0.2, -0.15) is 4.80 Å². The summed E-state index contributed by atoms with van der Waals surface area (Å²) in [6, 6.07) is 18.1. The zero-order chi connectivity index (χ0) is 22.2. The highest BCUT2D eigenvalue weighted by Crippen LogP contribution is 2.29. The van der Waals surface area contributed by atoms with Crippen LogP contribution in [0.3, 0.4) is 0 Å². The molecule has 8 heteroatoms. The van der Waals surface area contributed by atoms with E-state index >= 15 is 0 Å². The minimum absolute atomic E-state index is 0.352. The largest absolute Gasteiger partial charge is 0.478 e. The number of nitrogens with one attached hydrogen (secondary N) is 1. The van der Waals surface area contributed by atoms with Crippen molar-refractivity contribution in [3.05, 3.63) is 76.3 Å².